The van der Waals surface area contributed by atoms with Gasteiger partial charge in [0.15, 0.2) is 0 Å². The maximum atomic E-state index is 12.6. The van der Waals surface area contributed by atoms with E-state index in [0.29, 0.717) is 5.56 Å². The minimum absolute atomic E-state index is 0.0402. The third-order valence-corrected chi connectivity index (χ3v) is 4.65. The van der Waals surface area contributed by atoms with E-state index in [0.717, 1.165) is 22.1 Å². The normalized spacial score (nSPS) is 11.4. The first-order valence-corrected chi connectivity index (χ1v) is 9.18. The number of hydrogen-bond donors (Lipinski definition) is 1. The van der Waals surface area contributed by atoms with E-state index in [4.69, 9.17) is 0 Å². The van der Waals surface area contributed by atoms with Crippen LogP contribution in [0.2, 0.25) is 0 Å². The highest BCUT2D eigenvalue weighted by molar-refractivity contribution is 8.00. The van der Waals surface area contributed by atoms with Crippen LogP contribution in [0.1, 0.15) is 31.1 Å². The van der Waals surface area contributed by atoms with E-state index in [1.807, 2.05) is 48.1 Å². The molecule has 0 aliphatic carbocycles. The Labute approximate surface area is 157 Å². The minimum atomic E-state index is -0.153. The first-order chi connectivity index (χ1) is 12.3. The maximum Gasteiger partial charge on any atom is 0.255 e. The van der Waals surface area contributed by atoms with Crippen molar-refractivity contribution in [3.63, 3.8) is 0 Å². The molecule has 3 aromatic rings. The van der Waals surface area contributed by atoms with Gasteiger partial charge in [-0.1, -0.05) is 32.9 Å². The van der Waals surface area contributed by atoms with Gasteiger partial charge < -0.3 is 9.88 Å². The topological polar surface area (TPSA) is 59.8 Å². The Morgan fingerprint density at radius 1 is 1.12 bits per heavy atom. The Morgan fingerprint density at radius 3 is 2.62 bits per heavy atom. The Bertz CT molecular complexity index is 927. The van der Waals surface area contributed by atoms with Gasteiger partial charge in [0.25, 0.3) is 5.91 Å². The second-order valence-electron chi connectivity index (χ2n) is 6.99. The molecule has 0 aliphatic rings. The molecule has 2 aromatic heterocycles. The van der Waals surface area contributed by atoms with Gasteiger partial charge in [0.1, 0.15) is 5.82 Å². The lowest BCUT2D eigenvalue weighted by molar-refractivity contribution is 0.102. The molecule has 26 heavy (non-hydrogen) atoms. The molecule has 0 unspecified atom stereocenters. The monoisotopic (exact) mass is 366 g/mol. The molecule has 134 valence electrons. The van der Waals surface area contributed by atoms with Crippen molar-refractivity contribution in [3.05, 3.63) is 60.6 Å². The number of aromatic nitrogens is 3. The SMILES string of the molecule is Cn1ccnc1-c1cccc(NC(=O)c2ccnc(SC(C)(C)C)c2)c1. The van der Waals surface area contributed by atoms with Crippen molar-refractivity contribution < 1.29 is 4.79 Å². The van der Waals surface area contributed by atoms with Crippen molar-refractivity contribution in [2.24, 2.45) is 7.05 Å². The van der Waals surface area contributed by atoms with E-state index < -0.39 is 0 Å². The van der Waals surface area contributed by atoms with E-state index in [2.05, 4.69) is 36.1 Å². The van der Waals surface area contributed by atoms with E-state index in [9.17, 15) is 4.79 Å². The summed E-state index contributed by atoms with van der Waals surface area (Å²) >= 11 is 1.64. The summed E-state index contributed by atoms with van der Waals surface area (Å²) < 4.78 is 1.98. The number of pyridine rings is 1. The van der Waals surface area contributed by atoms with Crippen molar-refractivity contribution in [2.75, 3.05) is 5.32 Å². The van der Waals surface area contributed by atoms with Gasteiger partial charge in [-0.3, -0.25) is 4.79 Å². The van der Waals surface area contributed by atoms with Gasteiger partial charge >= 0.3 is 0 Å². The summed E-state index contributed by atoms with van der Waals surface area (Å²) in [4.78, 5) is 21.3. The largest absolute Gasteiger partial charge is 0.334 e. The zero-order valence-corrected chi connectivity index (χ0v) is 16.2. The number of rotatable bonds is 4. The summed E-state index contributed by atoms with van der Waals surface area (Å²) in [5.41, 5.74) is 2.28. The average molecular weight is 366 g/mol. The molecule has 6 heteroatoms. The second-order valence-corrected chi connectivity index (χ2v) is 8.84. The van der Waals surface area contributed by atoms with E-state index in [-0.39, 0.29) is 10.7 Å². The molecular weight excluding hydrogens is 344 g/mol. The number of nitrogens with zero attached hydrogens (tertiary/aromatic N) is 3. The Kier molecular flexibility index (Phi) is 5.13. The lowest BCUT2D eigenvalue weighted by Gasteiger charge is -2.17. The maximum absolute atomic E-state index is 12.6. The number of aryl methyl sites for hydroxylation is 1. The number of imidazole rings is 1. The quantitative estimate of drug-likeness (QED) is 0.684. The van der Waals surface area contributed by atoms with Gasteiger partial charge in [-0.2, -0.15) is 0 Å². The number of anilines is 1. The van der Waals surface area contributed by atoms with Gasteiger partial charge in [0.05, 0.1) is 5.03 Å². The van der Waals surface area contributed by atoms with Crippen LogP contribution in [-0.2, 0) is 7.05 Å². The van der Waals surface area contributed by atoms with Crippen LogP contribution in [0.5, 0.6) is 0 Å². The molecule has 0 atom stereocenters. The molecule has 1 aromatic carbocycles. The fourth-order valence-electron chi connectivity index (χ4n) is 2.50. The Morgan fingerprint density at radius 2 is 1.92 bits per heavy atom. The summed E-state index contributed by atoms with van der Waals surface area (Å²) in [6.07, 6.45) is 5.32. The highest BCUT2D eigenvalue weighted by Gasteiger charge is 2.15. The molecule has 0 saturated heterocycles. The van der Waals surface area contributed by atoms with E-state index in [1.165, 1.54) is 0 Å². The van der Waals surface area contributed by atoms with Crippen molar-refractivity contribution in [1.82, 2.24) is 14.5 Å². The highest BCUT2D eigenvalue weighted by atomic mass is 32.2. The van der Waals surface area contributed by atoms with Crippen LogP contribution in [0.15, 0.2) is 60.0 Å². The van der Waals surface area contributed by atoms with Crippen LogP contribution >= 0.6 is 11.8 Å². The summed E-state index contributed by atoms with van der Waals surface area (Å²) in [5, 5.41) is 3.80. The third-order valence-electron chi connectivity index (χ3n) is 3.61. The average Bonchev–Trinajstić information content (AvgIpc) is 3.00. The number of thioether (sulfide) groups is 1. The van der Waals surface area contributed by atoms with E-state index >= 15 is 0 Å². The van der Waals surface area contributed by atoms with Crippen molar-refractivity contribution in [2.45, 2.75) is 30.5 Å². The molecule has 0 radical (unpaired) electrons. The first kappa shape index (κ1) is 18.2. The third kappa shape index (κ3) is 4.52. The van der Waals surface area contributed by atoms with Crippen LogP contribution < -0.4 is 5.32 Å². The van der Waals surface area contributed by atoms with Gasteiger partial charge in [-0.05, 0) is 24.3 Å². The van der Waals surface area contributed by atoms with Gasteiger partial charge in [-0.15, -0.1) is 11.8 Å². The lowest BCUT2D eigenvalue weighted by atomic mass is 10.1. The molecule has 1 N–H and O–H groups in total. The fraction of sp³-hybridized carbons (Fsp3) is 0.250. The zero-order valence-electron chi connectivity index (χ0n) is 15.4. The van der Waals surface area contributed by atoms with Crippen LogP contribution in [0.25, 0.3) is 11.4 Å². The summed E-state index contributed by atoms with van der Waals surface area (Å²) in [6.45, 7) is 6.36. The minimum Gasteiger partial charge on any atom is -0.334 e. The molecule has 5 nitrogen and oxygen atoms in total. The number of carbonyl (C=O) groups is 1. The molecule has 0 bridgehead atoms. The summed E-state index contributed by atoms with van der Waals surface area (Å²) in [6, 6.07) is 11.2. The smallest absolute Gasteiger partial charge is 0.255 e. The highest BCUT2D eigenvalue weighted by Crippen LogP contribution is 2.30. The summed E-state index contributed by atoms with van der Waals surface area (Å²) in [7, 11) is 1.94. The van der Waals surface area contributed by atoms with Crippen LogP contribution in [0.3, 0.4) is 0 Å². The summed E-state index contributed by atoms with van der Waals surface area (Å²) in [5.74, 6) is 0.703. The van der Waals surface area contributed by atoms with Gasteiger partial charge in [0, 0.05) is 47.2 Å². The predicted octanol–water partition coefficient (Wildman–Crippen LogP) is 4.63. The second kappa shape index (κ2) is 7.33. The van der Waals surface area contributed by atoms with Gasteiger partial charge in [-0.25, -0.2) is 9.97 Å². The van der Waals surface area contributed by atoms with Gasteiger partial charge in [0.2, 0.25) is 0 Å². The molecular formula is C20H22N4OS. The Hall–Kier alpha value is -2.60. The fourth-order valence-corrected chi connectivity index (χ4v) is 3.43. The van der Waals surface area contributed by atoms with E-state index in [1.54, 1.807) is 30.2 Å². The van der Waals surface area contributed by atoms with Crippen LogP contribution in [0.4, 0.5) is 5.69 Å². The van der Waals surface area contributed by atoms with Crippen LogP contribution in [-0.4, -0.2) is 25.2 Å². The van der Waals surface area contributed by atoms with Crippen molar-refractivity contribution in [1.29, 1.82) is 0 Å². The predicted molar refractivity (Wildman–Crippen MR) is 106 cm³/mol. The molecule has 0 spiro atoms. The molecule has 0 saturated carbocycles. The van der Waals surface area contributed by atoms with Crippen molar-refractivity contribution in [3.8, 4) is 11.4 Å². The molecule has 2 heterocycles. The molecule has 0 aliphatic heterocycles. The van der Waals surface area contributed by atoms with Crippen molar-refractivity contribution >= 4 is 23.4 Å². The first-order valence-electron chi connectivity index (χ1n) is 8.36. The Balaban J connectivity index is 1.78. The lowest BCUT2D eigenvalue weighted by Crippen LogP contribution is -2.13. The number of nitrogens with one attached hydrogen (secondary N) is 1. The standard InChI is InChI=1S/C20H22N4OS/c1-20(2,3)26-17-13-15(8-9-21-17)19(25)23-16-7-5-6-14(12-16)18-22-10-11-24(18)4/h5-13H,1-4H3,(H,23,25). The zero-order chi connectivity index (χ0) is 18.7. The number of hydrogen-bond acceptors (Lipinski definition) is 4. The van der Waals surface area contributed by atoms with Crippen LogP contribution in [0, 0.1) is 0 Å². The molecule has 3 rings (SSSR count). The number of amides is 1. The molecule has 1 amide bonds. The number of carbonyl (C=O) groups excluding carboxylic acids is 1. The molecule has 0 fully saturated rings. The number of benzene rings is 1.